The smallest absolute Gasteiger partial charge is 0.356 e. The second kappa shape index (κ2) is 5.17. The fourth-order valence-electron chi connectivity index (χ4n) is 2.28. The van der Waals surface area contributed by atoms with Crippen LogP contribution in [0.3, 0.4) is 0 Å². The van der Waals surface area contributed by atoms with Gasteiger partial charge in [0.1, 0.15) is 0 Å². The van der Waals surface area contributed by atoms with Crippen LogP contribution in [0.5, 0.6) is 0 Å². The second-order valence-electron chi connectivity index (χ2n) is 4.92. The van der Waals surface area contributed by atoms with Gasteiger partial charge in [0, 0.05) is 6.20 Å². The Morgan fingerprint density at radius 3 is 2.48 bits per heavy atom. The maximum Gasteiger partial charge on any atom is 0.356 e. The molecule has 0 fully saturated rings. The highest BCUT2D eigenvalue weighted by atomic mass is 32.2. The molecular weight excluding hydrogens is 323 g/mol. The van der Waals surface area contributed by atoms with Crippen molar-refractivity contribution in [1.29, 1.82) is 0 Å². The number of aromatic carboxylic acids is 1. The van der Waals surface area contributed by atoms with E-state index in [9.17, 15) is 22.7 Å². The van der Waals surface area contributed by atoms with Gasteiger partial charge in [-0.2, -0.15) is 0 Å². The number of nitrogens with zero attached hydrogens (tertiary/aromatic N) is 2. The molecular formula is C15H11FN2O4S. The summed E-state index contributed by atoms with van der Waals surface area (Å²) in [6.45, 7) is 1.78. The van der Waals surface area contributed by atoms with Crippen molar-refractivity contribution in [2.45, 2.75) is 11.8 Å². The molecule has 2 aromatic heterocycles. The van der Waals surface area contributed by atoms with Crippen LogP contribution in [0, 0.1) is 12.7 Å². The summed E-state index contributed by atoms with van der Waals surface area (Å²) in [5, 5.41) is 9.08. The molecule has 0 aliphatic rings. The number of hydrogen-bond acceptors (Lipinski definition) is 4. The van der Waals surface area contributed by atoms with Crippen LogP contribution in [0.1, 0.15) is 16.1 Å². The van der Waals surface area contributed by atoms with E-state index >= 15 is 0 Å². The van der Waals surface area contributed by atoms with E-state index in [4.69, 9.17) is 0 Å². The Balaban J connectivity index is 2.41. The molecule has 118 valence electrons. The Morgan fingerprint density at radius 2 is 1.87 bits per heavy atom. The average molecular weight is 334 g/mol. The summed E-state index contributed by atoms with van der Waals surface area (Å²) >= 11 is 0. The van der Waals surface area contributed by atoms with Crippen molar-refractivity contribution in [3.8, 4) is 0 Å². The minimum atomic E-state index is -4.30. The van der Waals surface area contributed by atoms with E-state index in [-0.39, 0.29) is 15.9 Å². The first-order valence-electron chi connectivity index (χ1n) is 6.54. The Bertz CT molecular complexity index is 1020. The van der Waals surface area contributed by atoms with Gasteiger partial charge in [0.05, 0.1) is 10.3 Å². The monoisotopic (exact) mass is 334 g/mol. The topological polar surface area (TPSA) is 89.3 Å². The van der Waals surface area contributed by atoms with Gasteiger partial charge < -0.3 is 5.11 Å². The molecule has 0 saturated carbocycles. The van der Waals surface area contributed by atoms with Gasteiger partial charge in [-0.05, 0) is 31.2 Å². The molecule has 0 unspecified atom stereocenters. The molecule has 1 aromatic carbocycles. The lowest BCUT2D eigenvalue weighted by molar-refractivity contribution is 0.0684. The van der Waals surface area contributed by atoms with Crippen molar-refractivity contribution >= 4 is 27.0 Å². The Kier molecular flexibility index (Phi) is 3.41. The zero-order valence-electron chi connectivity index (χ0n) is 11.9. The summed E-state index contributed by atoms with van der Waals surface area (Å²) < 4.78 is 40.4. The zero-order chi connectivity index (χ0) is 16.8. The average Bonchev–Trinajstić information content (AvgIpc) is 2.82. The number of halogens is 1. The van der Waals surface area contributed by atoms with Crippen LogP contribution >= 0.6 is 0 Å². The number of carboxylic acid groups (broad SMARTS) is 1. The fraction of sp³-hybridized carbons (Fsp3) is 0.0667. The van der Waals surface area contributed by atoms with Crippen LogP contribution in [-0.2, 0) is 10.0 Å². The largest absolute Gasteiger partial charge is 0.476 e. The van der Waals surface area contributed by atoms with Gasteiger partial charge >= 0.3 is 5.97 Å². The third kappa shape index (κ3) is 2.27. The Labute approximate surface area is 130 Å². The van der Waals surface area contributed by atoms with Crippen molar-refractivity contribution in [2.75, 3.05) is 0 Å². The van der Waals surface area contributed by atoms with Crippen molar-refractivity contribution < 1.29 is 22.7 Å². The van der Waals surface area contributed by atoms with Gasteiger partial charge in [-0.15, -0.1) is 0 Å². The van der Waals surface area contributed by atoms with Crippen LogP contribution < -0.4 is 0 Å². The molecule has 0 spiro atoms. The summed E-state index contributed by atoms with van der Waals surface area (Å²) in [6.07, 6.45) is 1.27. The molecule has 3 rings (SSSR count). The van der Waals surface area contributed by atoms with Crippen molar-refractivity contribution in [2.24, 2.45) is 0 Å². The summed E-state index contributed by atoms with van der Waals surface area (Å²) in [6, 6.07) is 8.50. The number of carbonyl (C=O) groups is 1. The number of rotatable bonds is 3. The predicted molar refractivity (Wildman–Crippen MR) is 80.4 cm³/mol. The predicted octanol–water partition coefficient (Wildman–Crippen LogP) is 2.42. The summed E-state index contributed by atoms with van der Waals surface area (Å²) in [4.78, 5) is 15.1. The van der Waals surface area contributed by atoms with E-state index in [2.05, 4.69) is 4.98 Å². The lowest BCUT2D eigenvalue weighted by Crippen LogP contribution is -2.19. The standard InChI is InChI=1S/C15H11FN2O4S/c1-9-4-6-10(7-5-9)23(21,22)18-13(15(19)20)12(16)11-3-2-8-17-14(11)18/h2-8H,1H3,(H,19,20). The number of benzene rings is 1. The van der Waals surface area contributed by atoms with Gasteiger partial charge in [0.25, 0.3) is 10.0 Å². The maximum absolute atomic E-state index is 14.3. The van der Waals surface area contributed by atoms with Crippen LogP contribution in [0.2, 0.25) is 0 Å². The number of carboxylic acids is 1. The van der Waals surface area contributed by atoms with Crippen molar-refractivity contribution in [3.05, 3.63) is 59.7 Å². The molecule has 0 atom stereocenters. The maximum atomic E-state index is 14.3. The molecule has 8 heteroatoms. The molecule has 23 heavy (non-hydrogen) atoms. The summed E-state index contributed by atoms with van der Waals surface area (Å²) in [7, 11) is -4.30. The minimum Gasteiger partial charge on any atom is -0.476 e. The molecule has 0 aliphatic carbocycles. The normalized spacial score (nSPS) is 11.7. The van der Waals surface area contributed by atoms with Gasteiger partial charge in [0.2, 0.25) is 0 Å². The highest BCUT2D eigenvalue weighted by molar-refractivity contribution is 7.90. The van der Waals surface area contributed by atoms with Crippen molar-refractivity contribution in [1.82, 2.24) is 8.96 Å². The van der Waals surface area contributed by atoms with E-state index in [0.717, 1.165) is 5.56 Å². The molecule has 0 bridgehead atoms. The van der Waals surface area contributed by atoms with Gasteiger partial charge in [-0.1, -0.05) is 17.7 Å². The number of aromatic nitrogens is 2. The minimum absolute atomic E-state index is 0.145. The first-order valence-corrected chi connectivity index (χ1v) is 7.98. The van der Waals surface area contributed by atoms with Gasteiger partial charge in [-0.25, -0.2) is 26.6 Å². The fourth-order valence-corrected chi connectivity index (χ4v) is 3.75. The first-order chi connectivity index (χ1) is 10.8. The molecule has 2 heterocycles. The van der Waals surface area contributed by atoms with E-state index in [1.807, 2.05) is 0 Å². The van der Waals surface area contributed by atoms with Crippen molar-refractivity contribution in [3.63, 3.8) is 0 Å². The third-order valence-electron chi connectivity index (χ3n) is 3.39. The van der Waals surface area contributed by atoms with E-state index in [1.54, 1.807) is 19.1 Å². The van der Waals surface area contributed by atoms with E-state index in [1.165, 1.54) is 30.5 Å². The number of fused-ring (bicyclic) bond motifs is 1. The molecule has 0 amide bonds. The highest BCUT2D eigenvalue weighted by Crippen LogP contribution is 2.28. The third-order valence-corrected chi connectivity index (χ3v) is 5.09. The zero-order valence-corrected chi connectivity index (χ0v) is 12.7. The number of aryl methyl sites for hydroxylation is 1. The van der Waals surface area contributed by atoms with Crippen LogP contribution in [-0.4, -0.2) is 28.5 Å². The molecule has 1 N–H and O–H groups in total. The SMILES string of the molecule is Cc1ccc(S(=O)(=O)n2c(C(=O)O)c(F)c3cccnc32)cc1. The summed E-state index contributed by atoms with van der Waals surface area (Å²) in [5.74, 6) is -2.81. The molecule has 3 aromatic rings. The molecule has 0 aliphatic heterocycles. The molecule has 0 saturated heterocycles. The number of pyridine rings is 1. The van der Waals surface area contributed by atoms with Crippen LogP contribution in [0.4, 0.5) is 4.39 Å². The molecule has 6 nitrogen and oxygen atoms in total. The molecule has 0 radical (unpaired) electrons. The van der Waals surface area contributed by atoms with E-state index < -0.39 is 27.5 Å². The Morgan fingerprint density at radius 1 is 1.22 bits per heavy atom. The van der Waals surface area contributed by atoms with E-state index in [0.29, 0.717) is 3.97 Å². The quantitative estimate of drug-likeness (QED) is 0.794. The van der Waals surface area contributed by atoms with Crippen LogP contribution in [0.15, 0.2) is 47.5 Å². The Hall–Kier alpha value is -2.74. The van der Waals surface area contributed by atoms with Gasteiger partial charge in [0.15, 0.2) is 17.2 Å². The number of hydrogen-bond donors (Lipinski definition) is 1. The second-order valence-corrected chi connectivity index (χ2v) is 6.71. The van der Waals surface area contributed by atoms with Gasteiger partial charge in [-0.3, -0.25) is 0 Å². The highest BCUT2D eigenvalue weighted by Gasteiger charge is 2.31. The van der Waals surface area contributed by atoms with Crippen LogP contribution in [0.25, 0.3) is 11.0 Å². The lowest BCUT2D eigenvalue weighted by Gasteiger charge is -2.09. The lowest BCUT2D eigenvalue weighted by atomic mass is 10.2. The summed E-state index contributed by atoms with van der Waals surface area (Å²) in [5.41, 5.74) is -0.383. The first kappa shape index (κ1) is 15.2.